The number of aromatic amines is 1. The number of halogens is 5. The first-order valence-electron chi connectivity index (χ1n) is 5.25. The molecule has 0 aliphatic heterocycles. The van der Waals surface area contributed by atoms with Gasteiger partial charge in [0.25, 0.3) is 5.56 Å². The van der Waals surface area contributed by atoms with E-state index < -0.39 is 57.5 Å². The molecule has 0 amide bonds. The van der Waals surface area contributed by atoms with Crippen molar-refractivity contribution in [1.82, 2.24) is 9.55 Å². The first-order valence-corrected chi connectivity index (χ1v) is 5.25. The maximum absolute atomic E-state index is 13.6. The highest BCUT2D eigenvalue weighted by atomic mass is 19.2. The van der Waals surface area contributed by atoms with Crippen molar-refractivity contribution in [2.45, 2.75) is 6.92 Å². The zero-order chi connectivity index (χ0) is 16.1. The van der Waals surface area contributed by atoms with Crippen molar-refractivity contribution < 1.29 is 27.1 Å². The molecule has 0 fully saturated rings. The molecule has 2 aromatic rings. The third kappa shape index (κ3) is 1.99. The van der Waals surface area contributed by atoms with Gasteiger partial charge in [-0.25, -0.2) is 31.3 Å². The van der Waals surface area contributed by atoms with E-state index in [4.69, 9.17) is 0 Å². The second kappa shape index (κ2) is 4.72. The summed E-state index contributed by atoms with van der Waals surface area (Å²) in [5.74, 6) is -12.9. The van der Waals surface area contributed by atoms with Crippen LogP contribution in [0.25, 0.3) is 5.69 Å². The second-order valence-corrected chi connectivity index (χ2v) is 3.96. The molecule has 21 heavy (non-hydrogen) atoms. The molecule has 1 heterocycles. The van der Waals surface area contributed by atoms with E-state index in [1.165, 1.54) is 0 Å². The fraction of sp³-hybridized carbons (Fsp3) is 0.0909. The van der Waals surface area contributed by atoms with Crippen LogP contribution < -0.4 is 11.2 Å². The lowest BCUT2D eigenvalue weighted by atomic mass is 10.2. The lowest BCUT2D eigenvalue weighted by Crippen LogP contribution is -2.32. The van der Waals surface area contributed by atoms with Crippen molar-refractivity contribution in [2.75, 3.05) is 0 Å². The van der Waals surface area contributed by atoms with Gasteiger partial charge < -0.3 is 5.11 Å². The Morgan fingerprint density at radius 2 is 1.33 bits per heavy atom. The van der Waals surface area contributed by atoms with Gasteiger partial charge in [0.15, 0.2) is 23.3 Å². The Bertz CT molecular complexity index is 843. The number of aromatic nitrogens is 2. The summed E-state index contributed by atoms with van der Waals surface area (Å²) >= 11 is 0. The number of benzene rings is 1. The molecule has 1 aromatic heterocycles. The lowest BCUT2D eigenvalue weighted by molar-refractivity contribution is 0.366. The number of rotatable bonds is 1. The molecule has 2 N–H and O–H groups in total. The quantitative estimate of drug-likeness (QED) is 0.473. The Hall–Kier alpha value is -2.65. The molecule has 0 aliphatic rings. The SMILES string of the molecule is Cc1c(O)n(-c2c(F)c(F)c(F)c(F)c2F)c(=O)[nH]c1=O. The predicted octanol–water partition coefficient (Wildman–Crippen LogP) is 1.24. The fourth-order valence-corrected chi connectivity index (χ4v) is 1.61. The molecule has 10 heteroatoms. The Labute approximate surface area is 111 Å². The molecule has 112 valence electrons. The number of nitrogens with one attached hydrogen (secondary N) is 1. The van der Waals surface area contributed by atoms with Gasteiger partial charge in [-0.2, -0.15) is 0 Å². The van der Waals surface area contributed by atoms with Gasteiger partial charge in [0.2, 0.25) is 11.7 Å². The van der Waals surface area contributed by atoms with E-state index in [1.807, 2.05) is 0 Å². The summed E-state index contributed by atoms with van der Waals surface area (Å²) in [6.07, 6.45) is 0. The van der Waals surface area contributed by atoms with Crippen LogP contribution >= 0.6 is 0 Å². The van der Waals surface area contributed by atoms with Gasteiger partial charge >= 0.3 is 5.69 Å². The van der Waals surface area contributed by atoms with E-state index >= 15 is 0 Å². The zero-order valence-electron chi connectivity index (χ0n) is 10.1. The second-order valence-electron chi connectivity index (χ2n) is 3.96. The first-order chi connectivity index (χ1) is 9.68. The number of nitrogens with zero attached hydrogens (tertiary/aromatic N) is 1. The molecule has 0 saturated carbocycles. The molecule has 0 spiro atoms. The smallest absolute Gasteiger partial charge is 0.335 e. The number of H-pyrrole nitrogens is 1. The molecule has 5 nitrogen and oxygen atoms in total. The first kappa shape index (κ1) is 14.8. The maximum Gasteiger partial charge on any atom is 0.335 e. The summed E-state index contributed by atoms with van der Waals surface area (Å²) in [5, 5.41) is 9.58. The van der Waals surface area contributed by atoms with Crippen LogP contribution in [0.3, 0.4) is 0 Å². The topological polar surface area (TPSA) is 75.1 Å². The minimum Gasteiger partial charge on any atom is -0.494 e. The van der Waals surface area contributed by atoms with Crippen molar-refractivity contribution in [1.29, 1.82) is 0 Å². The molecule has 0 aliphatic carbocycles. The van der Waals surface area contributed by atoms with Crippen LogP contribution in [-0.2, 0) is 0 Å². The average molecular weight is 308 g/mol. The van der Waals surface area contributed by atoms with E-state index in [2.05, 4.69) is 0 Å². The van der Waals surface area contributed by atoms with Gasteiger partial charge in [0.1, 0.15) is 5.69 Å². The fourth-order valence-electron chi connectivity index (χ4n) is 1.61. The lowest BCUT2D eigenvalue weighted by Gasteiger charge is -2.12. The van der Waals surface area contributed by atoms with Crippen LogP contribution in [0.5, 0.6) is 5.88 Å². The molecule has 0 bridgehead atoms. The standard InChI is InChI=1S/C11H5F5N2O3/c1-2-9(19)17-11(21)18(10(2)20)8-6(15)4(13)3(12)5(14)7(8)16/h20H,1H3,(H,17,19,21). The van der Waals surface area contributed by atoms with Crippen molar-refractivity contribution in [2.24, 2.45) is 0 Å². The molecule has 1 aromatic carbocycles. The number of hydrogen-bond donors (Lipinski definition) is 2. The Morgan fingerprint density at radius 1 is 0.905 bits per heavy atom. The summed E-state index contributed by atoms with van der Waals surface area (Å²) in [6, 6.07) is 0. The highest BCUT2D eigenvalue weighted by Gasteiger charge is 2.29. The highest BCUT2D eigenvalue weighted by Crippen LogP contribution is 2.27. The molecular weight excluding hydrogens is 303 g/mol. The Balaban J connectivity index is 3.04. The van der Waals surface area contributed by atoms with Crippen LogP contribution in [0.15, 0.2) is 9.59 Å². The van der Waals surface area contributed by atoms with E-state index in [-0.39, 0.29) is 4.57 Å². The van der Waals surface area contributed by atoms with Gasteiger partial charge in [-0.05, 0) is 6.92 Å². The summed E-state index contributed by atoms with van der Waals surface area (Å²) in [4.78, 5) is 24.3. The minimum absolute atomic E-state index is 0.215. The van der Waals surface area contributed by atoms with Crippen LogP contribution in [0.1, 0.15) is 5.56 Å². The van der Waals surface area contributed by atoms with Crippen LogP contribution in [0.2, 0.25) is 0 Å². The zero-order valence-corrected chi connectivity index (χ0v) is 10.1. The van der Waals surface area contributed by atoms with Crippen molar-refractivity contribution >= 4 is 0 Å². The molecule has 0 saturated heterocycles. The van der Waals surface area contributed by atoms with Gasteiger partial charge in [0.05, 0.1) is 5.56 Å². The summed E-state index contributed by atoms with van der Waals surface area (Å²) in [7, 11) is 0. The maximum atomic E-state index is 13.6. The van der Waals surface area contributed by atoms with Gasteiger partial charge in [-0.3, -0.25) is 9.78 Å². The summed E-state index contributed by atoms with van der Waals surface area (Å²) < 4.78 is 66.1. The predicted molar refractivity (Wildman–Crippen MR) is 58.9 cm³/mol. The van der Waals surface area contributed by atoms with Gasteiger partial charge in [0, 0.05) is 0 Å². The van der Waals surface area contributed by atoms with Crippen LogP contribution in [-0.4, -0.2) is 14.7 Å². The normalized spacial score (nSPS) is 11.0. The average Bonchev–Trinajstić information content (AvgIpc) is 2.44. The summed E-state index contributed by atoms with van der Waals surface area (Å²) in [6.45, 7) is 0.982. The third-order valence-corrected chi connectivity index (χ3v) is 2.72. The van der Waals surface area contributed by atoms with Crippen LogP contribution in [0, 0.1) is 36.0 Å². The summed E-state index contributed by atoms with van der Waals surface area (Å²) in [5.41, 5.74) is -4.87. The Kier molecular flexibility index (Phi) is 3.32. The van der Waals surface area contributed by atoms with E-state index in [9.17, 15) is 36.6 Å². The van der Waals surface area contributed by atoms with Crippen molar-refractivity contribution in [3.05, 3.63) is 55.5 Å². The largest absolute Gasteiger partial charge is 0.494 e. The highest BCUT2D eigenvalue weighted by molar-refractivity contribution is 5.41. The van der Waals surface area contributed by atoms with Gasteiger partial charge in [-0.15, -0.1) is 0 Å². The molecular formula is C11H5F5N2O3. The van der Waals surface area contributed by atoms with E-state index in [0.29, 0.717) is 0 Å². The van der Waals surface area contributed by atoms with Crippen LogP contribution in [0.4, 0.5) is 22.0 Å². The molecule has 0 atom stereocenters. The third-order valence-electron chi connectivity index (χ3n) is 2.72. The number of hydrogen-bond acceptors (Lipinski definition) is 3. The van der Waals surface area contributed by atoms with Gasteiger partial charge in [-0.1, -0.05) is 0 Å². The Morgan fingerprint density at radius 3 is 1.81 bits per heavy atom. The van der Waals surface area contributed by atoms with Crippen molar-refractivity contribution in [3.63, 3.8) is 0 Å². The van der Waals surface area contributed by atoms with Crippen molar-refractivity contribution in [3.8, 4) is 11.6 Å². The minimum atomic E-state index is -2.41. The number of aromatic hydroxyl groups is 1. The molecule has 0 radical (unpaired) electrons. The van der Waals surface area contributed by atoms with E-state index in [1.54, 1.807) is 4.98 Å². The van der Waals surface area contributed by atoms with E-state index in [0.717, 1.165) is 6.92 Å². The molecule has 0 unspecified atom stereocenters. The monoisotopic (exact) mass is 308 g/mol. The molecule has 2 rings (SSSR count).